The molecule has 0 radical (unpaired) electrons. The van der Waals surface area contributed by atoms with Crippen LogP contribution in [0.1, 0.15) is 26.2 Å². The lowest BCUT2D eigenvalue weighted by molar-refractivity contribution is 0.179. The number of piperidine rings is 1. The fourth-order valence-corrected chi connectivity index (χ4v) is 3.67. The van der Waals surface area contributed by atoms with E-state index in [0.717, 1.165) is 45.4 Å². The Kier molecular flexibility index (Phi) is 7.28. The third-order valence-electron chi connectivity index (χ3n) is 3.69. The molecule has 0 aromatic carbocycles. The average Bonchev–Trinajstić information content (AvgIpc) is 2.35. The number of nitrogens with zero attached hydrogens (tertiary/aromatic N) is 2. The maximum atomic E-state index is 11.6. The summed E-state index contributed by atoms with van der Waals surface area (Å²) in [4.78, 5) is 2.45. The molecule has 0 amide bonds. The molecule has 114 valence electrons. The van der Waals surface area contributed by atoms with Crippen molar-refractivity contribution in [2.24, 2.45) is 5.92 Å². The minimum atomic E-state index is -3.02. The van der Waals surface area contributed by atoms with Crippen LogP contribution in [0.4, 0.5) is 0 Å². The summed E-state index contributed by atoms with van der Waals surface area (Å²) in [7, 11) is -1.05. The van der Waals surface area contributed by atoms with Crippen LogP contribution in [-0.2, 0) is 10.0 Å². The van der Waals surface area contributed by atoms with E-state index in [4.69, 9.17) is 0 Å². The summed E-state index contributed by atoms with van der Waals surface area (Å²) in [6.45, 7) is 7.72. The van der Waals surface area contributed by atoms with Crippen molar-refractivity contribution >= 4 is 10.0 Å². The summed E-state index contributed by atoms with van der Waals surface area (Å²) < 4.78 is 24.9. The van der Waals surface area contributed by atoms with Crippen LogP contribution in [0.3, 0.4) is 0 Å². The van der Waals surface area contributed by atoms with Crippen molar-refractivity contribution in [1.82, 2.24) is 14.5 Å². The van der Waals surface area contributed by atoms with Crippen LogP contribution in [0.15, 0.2) is 0 Å². The van der Waals surface area contributed by atoms with Gasteiger partial charge >= 0.3 is 0 Å². The predicted octanol–water partition coefficient (Wildman–Crippen LogP) is 0.589. The molecule has 1 fully saturated rings. The minimum Gasteiger partial charge on any atom is -0.318 e. The first-order valence-corrected chi connectivity index (χ1v) is 9.14. The molecular weight excluding hydrogens is 262 g/mol. The van der Waals surface area contributed by atoms with Crippen LogP contribution < -0.4 is 5.32 Å². The lowest BCUT2D eigenvalue weighted by atomic mass is 9.99. The van der Waals surface area contributed by atoms with Crippen LogP contribution in [0.25, 0.3) is 0 Å². The molecule has 1 aliphatic rings. The summed E-state index contributed by atoms with van der Waals surface area (Å²) in [5.74, 6) is 0.479. The molecule has 0 spiro atoms. The molecule has 1 unspecified atom stereocenters. The van der Waals surface area contributed by atoms with E-state index < -0.39 is 10.0 Å². The normalized spacial score (nSPS) is 22.0. The predicted molar refractivity (Wildman–Crippen MR) is 79.8 cm³/mol. The molecule has 0 bridgehead atoms. The van der Waals surface area contributed by atoms with Crippen LogP contribution in [0.2, 0.25) is 0 Å². The second-order valence-corrected chi connectivity index (χ2v) is 7.52. The number of likely N-dealkylation sites (N-methyl/N-ethyl adjacent to an activating group) is 1. The van der Waals surface area contributed by atoms with Gasteiger partial charge in [-0.05, 0) is 38.8 Å². The van der Waals surface area contributed by atoms with Crippen LogP contribution in [0, 0.1) is 5.92 Å². The smallest absolute Gasteiger partial charge is 0.211 e. The van der Waals surface area contributed by atoms with Gasteiger partial charge in [0.1, 0.15) is 0 Å². The van der Waals surface area contributed by atoms with E-state index in [1.165, 1.54) is 6.26 Å². The summed E-state index contributed by atoms with van der Waals surface area (Å²) in [5, 5.41) is 3.18. The highest BCUT2D eigenvalue weighted by Gasteiger charge is 2.26. The van der Waals surface area contributed by atoms with Crippen molar-refractivity contribution in [2.75, 3.05) is 52.6 Å². The maximum Gasteiger partial charge on any atom is 0.211 e. The van der Waals surface area contributed by atoms with Crippen LogP contribution in [-0.4, -0.2) is 70.2 Å². The molecule has 1 atom stereocenters. The minimum absolute atomic E-state index is 0.479. The van der Waals surface area contributed by atoms with Crippen molar-refractivity contribution in [3.05, 3.63) is 0 Å². The first-order chi connectivity index (χ1) is 8.97. The maximum absolute atomic E-state index is 11.6. The van der Waals surface area contributed by atoms with Crippen molar-refractivity contribution in [3.63, 3.8) is 0 Å². The van der Waals surface area contributed by atoms with E-state index in [1.807, 2.05) is 7.05 Å². The van der Waals surface area contributed by atoms with Gasteiger partial charge in [-0.1, -0.05) is 6.92 Å². The summed E-state index contributed by atoms with van der Waals surface area (Å²) >= 11 is 0. The summed E-state index contributed by atoms with van der Waals surface area (Å²) in [6.07, 6.45) is 4.60. The van der Waals surface area contributed by atoms with Crippen molar-refractivity contribution in [1.29, 1.82) is 0 Å². The average molecular weight is 291 g/mol. The molecule has 1 aliphatic heterocycles. The molecular formula is C13H29N3O2S. The Hall–Kier alpha value is -0.170. The van der Waals surface area contributed by atoms with E-state index >= 15 is 0 Å². The van der Waals surface area contributed by atoms with Gasteiger partial charge in [0.05, 0.1) is 6.26 Å². The Morgan fingerprint density at radius 3 is 2.68 bits per heavy atom. The number of sulfonamides is 1. The van der Waals surface area contributed by atoms with E-state index in [1.54, 1.807) is 4.31 Å². The van der Waals surface area contributed by atoms with Gasteiger partial charge in [-0.3, -0.25) is 0 Å². The highest BCUT2D eigenvalue weighted by molar-refractivity contribution is 7.88. The summed E-state index contributed by atoms with van der Waals surface area (Å²) in [6, 6.07) is 0. The fraction of sp³-hybridized carbons (Fsp3) is 1.00. The number of hydrogen-bond acceptors (Lipinski definition) is 4. The first-order valence-electron chi connectivity index (χ1n) is 7.29. The number of hydrogen-bond donors (Lipinski definition) is 1. The zero-order valence-corrected chi connectivity index (χ0v) is 13.4. The lowest BCUT2D eigenvalue weighted by Crippen LogP contribution is -2.44. The topological polar surface area (TPSA) is 52.6 Å². The molecule has 0 aromatic heterocycles. The number of rotatable bonds is 8. The highest BCUT2D eigenvalue weighted by atomic mass is 32.2. The molecule has 1 N–H and O–H groups in total. The Morgan fingerprint density at radius 2 is 2.11 bits per heavy atom. The van der Waals surface area contributed by atoms with E-state index in [-0.39, 0.29) is 0 Å². The quantitative estimate of drug-likeness (QED) is 0.711. The van der Waals surface area contributed by atoms with Crippen molar-refractivity contribution < 1.29 is 8.42 Å². The third-order valence-corrected chi connectivity index (χ3v) is 4.95. The van der Waals surface area contributed by atoms with E-state index in [0.29, 0.717) is 19.0 Å². The van der Waals surface area contributed by atoms with Gasteiger partial charge in [-0.15, -0.1) is 0 Å². The molecule has 0 aromatic rings. The monoisotopic (exact) mass is 291 g/mol. The van der Waals surface area contributed by atoms with Gasteiger partial charge in [0.25, 0.3) is 0 Å². The van der Waals surface area contributed by atoms with Gasteiger partial charge in [0.2, 0.25) is 10.0 Å². The molecule has 0 saturated carbocycles. The zero-order valence-electron chi connectivity index (χ0n) is 12.6. The zero-order chi connectivity index (χ0) is 14.3. The molecule has 1 heterocycles. The van der Waals surface area contributed by atoms with Gasteiger partial charge in [-0.25, -0.2) is 12.7 Å². The molecule has 5 nitrogen and oxygen atoms in total. The SMILES string of the molecule is CCCN(CCNC)CC1CCCN(S(C)(=O)=O)C1. The van der Waals surface area contributed by atoms with Crippen molar-refractivity contribution in [2.45, 2.75) is 26.2 Å². The largest absolute Gasteiger partial charge is 0.318 e. The summed E-state index contributed by atoms with van der Waals surface area (Å²) in [5.41, 5.74) is 0. The Bertz CT molecular complexity index is 346. The number of nitrogens with one attached hydrogen (secondary N) is 1. The van der Waals surface area contributed by atoms with Crippen molar-refractivity contribution in [3.8, 4) is 0 Å². The van der Waals surface area contributed by atoms with Gasteiger partial charge in [0.15, 0.2) is 0 Å². The van der Waals surface area contributed by atoms with Gasteiger partial charge in [-0.2, -0.15) is 0 Å². The molecule has 1 saturated heterocycles. The standard InChI is InChI=1S/C13H29N3O2S/c1-4-8-15(10-7-14-2)11-13-6-5-9-16(12-13)19(3,17)18/h13-14H,4-12H2,1-3H3. The molecule has 0 aliphatic carbocycles. The lowest BCUT2D eigenvalue weighted by Gasteiger charge is -2.34. The Balaban J connectivity index is 2.49. The van der Waals surface area contributed by atoms with Gasteiger partial charge < -0.3 is 10.2 Å². The van der Waals surface area contributed by atoms with Crippen LogP contribution in [0.5, 0.6) is 0 Å². The van der Waals surface area contributed by atoms with E-state index in [2.05, 4.69) is 17.1 Å². The molecule has 1 rings (SSSR count). The molecule has 19 heavy (non-hydrogen) atoms. The molecule has 6 heteroatoms. The van der Waals surface area contributed by atoms with E-state index in [9.17, 15) is 8.42 Å². The van der Waals surface area contributed by atoms with Gasteiger partial charge in [0, 0.05) is 32.7 Å². The second-order valence-electron chi connectivity index (χ2n) is 5.53. The fourth-order valence-electron chi connectivity index (χ4n) is 2.72. The first kappa shape index (κ1) is 16.9. The Morgan fingerprint density at radius 1 is 1.37 bits per heavy atom. The Labute approximate surface area is 118 Å². The third kappa shape index (κ3) is 6.21. The second kappa shape index (κ2) is 8.19. The van der Waals surface area contributed by atoms with Crippen LogP contribution >= 0.6 is 0 Å². The highest BCUT2D eigenvalue weighted by Crippen LogP contribution is 2.19.